The van der Waals surface area contributed by atoms with Crippen LogP contribution >= 0.6 is 0 Å². The molecule has 0 saturated carbocycles. The van der Waals surface area contributed by atoms with Crippen LogP contribution < -0.4 is 0 Å². The molecule has 0 aromatic carbocycles. The van der Waals surface area contributed by atoms with Crippen LogP contribution in [0.5, 0.6) is 0 Å². The van der Waals surface area contributed by atoms with Crippen molar-refractivity contribution < 1.29 is 14.6 Å². The average molecular weight is 118 g/mol. The molecular formula is C5H10O3. The molecule has 1 heterocycles. The van der Waals surface area contributed by atoms with Gasteiger partial charge in [0.2, 0.25) is 0 Å². The smallest absolute Gasteiger partial charge is 0.110 e. The van der Waals surface area contributed by atoms with E-state index in [0.717, 1.165) is 0 Å². The summed E-state index contributed by atoms with van der Waals surface area (Å²) >= 11 is 0. The van der Waals surface area contributed by atoms with Gasteiger partial charge in [-0.05, 0) is 0 Å². The second kappa shape index (κ2) is 2.44. The monoisotopic (exact) mass is 118 g/mol. The van der Waals surface area contributed by atoms with E-state index in [4.69, 9.17) is 14.6 Å². The summed E-state index contributed by atoms with van der Waals surface area (Å²) in [5, 5.41) is 8.42. The third-order valence-corrected chi connectivity index (χ3v) is 1.20. The van der Waals surface area contributed by atoms with Gasteiger partial charge in [0.15, 0.2) is 0 Å². The number of ether oxygens (including phenoxy) is 2. The molecule has 2 unspecified atom stereocenters. The third kappa shape index (κ3) is 1.18. The van der Waals surface area contributed by atoms with E-state index < -0.39 is 0 Å². The van der Waals surface area contributed by atoms with Crippen molar-refractivity contribution in [3.05, 3.63) is 0 Å². The zero-order valence-corrected chi connectivity index (χ0v) is 4.83. The quantitative estimate of drug-likeness (QED) is 0.503. The molecule has 1 rings (SSSR count). The van der Waals surface area contributed by atoms with Crippen molar-refractivity contribution in [2.45, 2.75) is 12.2 Å². The van der Waals surface area contributed by atoms with Crippen molar-refractivity contribution in [2.24, 2.45) is 0 Å². The highest BCUT2D eigenvalue weighted by molar-refractivity contribution is 4.83. The van der Waals surface area contributed by atoms with E-state index in [1.165, 1.54) is 0 Å². The van der Waals surface area contributed by atoms with Gasteiger partial charge >= 0.3 is 0 Å². The molecular weight excluding hydrogens is 108 g/mol. The number of hydrogen-bond acceptors (Lipinski definition) is 3. The molecule has 0 spiro atoms. The summed E-state index contributed by atoms with van der Waals surface area (Å²) < 4.78 is 9.69. The van der Waals surface area contributed by atoms with Gasteiger partial charge in [0, 0.05) is 7.11 Å². The largest absolute Gasteiger partial charge is 0.394 e. The summed E-state index contributed by atoms with van der Waals surface area (Å²) in [7, 11) is 1.62. The molecule has 1 N–H and O–H groups in total. The number of aliphatic hydroxyl groups is 1. The molecule has 0 bridgehead atoms. The lowest BCUT2D eigenvalue weighted by Crippen LogP contribution is -2.04. The summed E-state index contributed by atoms with van der Waals surface area (Å²) in [5.74, 6) is 0. The number of epoxide rings is 1. The first kappa shape index (κ1) is 6.01. The fourth-order valence-corrected chi connectivity index (χ4v) is 0.651. The number of aliphatic hydroxyl groups excluding tert-OH is 1. The fourth-order valence-electron chi connectivity index (χ4n) is 0.651. The predicted molar refractivity (Wildman–Crippen MR) is 27.6 cm³/mol. The van der Waals surface area contributed by atoms with E-state index in [1.54, 1.807) is 7.11 Å². The second-order valence-corrected chi connectivity index (χ2v) is 1.85. The van der Waals surface area contributed by atoms with Crippen LogP contribution in [-0.4, -0.2) is 37.6 Å². The minimum absolute atomic E-state index is 0.0509. The molecule has 1 aliphatic heterocycles. The first-order valence-electron chi connectivity index (χ1n) is 2.63. The predicted octanol–water partition coefficient (Wildman–Crippen LogP) is -0.608. The first-order valence-corrected chi connectivity index (χ1v) is 2.63. The highest BCUT2D eigenvalue weighted by Gasteiger charge is 2.37. The number of rotatable bonds is 3. The van der Waals surface area contributed by atoms with Crippen molar-refractivity contribution in [1.82, 2.24) is 0 Å². The Morgan fingerprint density at radius 2 is 2.38 bits per heavy atom. The molecule has 48 valence electrons. The zero-order valence-electron chi connectivity index (χ0n) is 4.83. The van der Waals surface area contributed by atoms with Gasteiger partial charge in [-0.3, -0.25) is 0 Å². The number of hydrogen-bond donors (Lipinski definition) is 1. The number of methoxy groups -OCH3 is 1. The molecule has 1 aliphatic rings. The fraction of sp³-hybridized carbons (Fsp3) is 1.00. The third-order valence-electron chi connectivity index (χ3n) is 1.20. The minimum atomic E-state index is 0.0509. The van der Waals surface area contributed by atoms with Gasteiger partial charge in [0.25, 0.3) is 0 Å². The zero-order chi connectivity index (χ0) is 5.98. The van der Waals surface area contributed by atoms with Crippen LogP contribution in [0.3, 0.4) is 0 Å². The van der Waals surface area contributed by atoms with Gasteiger partial charge in [0.1, 0.15) is 12.2 Å². The molecule has 0 amide bonds. The van der Waals surface area contributed by atoms with Crippen LogP contribution in [-0.2, 0) is 9.47 Å². The van der Waals surface area contributed by atoms with Crippen molar-refractivity contribution >= 4 is 0 Å². The Balaban J connectivity index is 1.99. The van der Waals surface area contributed by atoms with Gasteiger partial charge < -0.3 is 14.6 Å². The maximum atomic E-state index is 8.42. The Hall–Kier alpha value is -0.120. The maximum absolute atomic E-state index is 8.42. The summed E-state index contributed by atoms with van der Waals surface area (Å²) in [4.78, 5) is 0. The van der Waals surface area contributed by atoms with Crippen molar-refractivity contribution in [3.63, 3.8) is 0 Å². The molecule has 1 saturated heterocycles. The van der Waals surface area contributed by atoms with Crippen LogP contribution in [0, 0.1) is 0 Å². The maximum Gasteiger partial charge on any atom is 0.110 e. The summed E-state index contributed by atoms with van der Waals surface area (Å²) in [6, 6.07) is 0. The Kier molecular flexibility index (Phi) is 1.83. The lowest BCUT2D eigenvalue weighted by molar-refractivity contribution is 0.170. The normalized spacial score (nSPS) is 35.2. The Labute approximate surface area is 48.2 Å². The molecule has 3 nitrogen and oxygen atoms in total. The van der Waals surface area contributed by atoms with Gasteiger partial charge in [-0.15, -0.1) is 0 Å². The molecule has 0 aliphatic carbocycles. The van der Waals surface area contributed by atoms with Gasteiger partial charge in [-0.25, -0.2) is 0 Å². The molecule has 0 aromatic rings. The summed E-state index contributed by atoms with van der Waals surface area (Å²) in [5.41, 5.74) is 0. The lowest BCUT2D eigenvalue weighted by Gasteiger charge is -1.87. The van der Waals surface area contributed by atoms with Crippen molar-refractivity contribution in [3.8, 4) is 0 Å². The van der Waals surface area contributed by atoms with E-state index >= 15 is 0 Å². The topological polar surface area (TPSA) is 42.0 Å². The van der Waals surface area contributed by atoms with E-state index in [9.17, 15) is 0 Å². The lowest BCUT2D eigenvalue weighted by atomic mass is 10.3. The van der Waals surface area contributed by atoms with Crippen molar-refractivity contribution in [1.29, 1.82) is 0 Å². The van der Waals surface area contributed by atoms with Gasteiger partial charge in [-0.2, -0.15) is 0 Å². The summed E-state index contributed by atoms with van der Waals surface area (Å²) in [6.07, 6.45) is 0.208. The minimum Gasteiger partial charge on any atom is -0.394 e. The molecule has 8 heavy (non-hydrogen) atoms. The Bertz CT molecular complexity index is 74.1. The van der Waals surface area contributed by atoms with Gasteiger partial charge in [-0.1, -0.05) is 0 Å². The van der Waals surface area contributed by atoms with E-state index in [2.05, 4.69) is 0 Å². The first-order chi connectivity index (χ1) is 3.88. The van der Waals surface area contributed by atoms with Crippen LogP contribution in [0.15, 0.2) is 0 Å². The van der Waals surface area contributed by atoms with Crippen LogP contribution in [0.2, 0.25) is 0 Å². The molecule has 3 heteroatoms. The SMILES string of the molecule is COCC1OC1CO. The van der Waals surface area contributed by atoms with Crippen LogP contribution in [0.1, 0.15) is 0 Å². The molecule has 0 aromatic heterocycles. The highest BCUT2D eigenvalue weighted by Crippen LogP contribution is 2.20. The van der Waals surface area contributed by atoms with Crippen LogP contribution in [0.25, 0.3) is 0 Å². The highest BCUT2D eigenvalue weighted by atomic mass is 16.6. The second-order valence-electron chi connectivity index (χ2n) is 1.85. The Morgan fingerprint density at radius 1 is 1.62 bits per heavy atom. The van der Waals surface area contributed by atoms with E-state index in [0.29, 0.717) is 6.61 Å². The van der Waals surface area contributed by atoms with Crippen molar-refractivity contribution in [2.75, 3.05) is 20.3 Å². The molecule has 2 atom stereocenters. The molecule has 0 radical (unpaired) electrons. The van der Waals surface area contributed by atoms with Gasteiger partial charge in [0.05, 0.1) is 13.2 Å². The van der Waals surface area contributed by atoms with E-state index in [1.807, 2.05) is 0 Å². The Morgan fingerprint density at radius 3 is 2.75 bits per heavy atom. The average Bonchev–Trinajstić information content (AvgIpc) is 2.48. The summed E-state index contributed by atoms with van der Waals surface area (Å²) in [6.45, 7) is 0.721. The van der Waals surface area contributed by atoms with E-state index in [-0.39, 0.29) is 18.8 Å². The molecule has 1 fully saturated rings. The standard InChI is InChI=1S/C5H10O3/c1-7-3-5-4(2-6)8-5/h4-6H,2-3H2,1H3. The van der Waals surface area contributed by atoms with Crippen LogP contribution in [0.4, 0.5) is 0 Å².